The van der Waals surface area contributed by atoms with Crippen molar-refractivity contribution in [1.29, 1.82) is 0 Å². The van der Waals surface area contributed by atoms with E-state index in [1.54, 1.807) is 0 Å². The summed E-state index contributed by atoms with van der Waals surface area (Å²) in [6.45, 7) is 4.57. The molecule has 2 nitrogen and oxygen atoms in total. The molecule has 0 amide bonds. The Bertz CT molecular complexity index is 390. The van der Waals surface area contributed by atoms with Crippen molar-refractivity contribution in [2.45, 2.75) is 57.5 Å². The maximum absolute atomic E-state index is 10.00. The van der Waals surface area contributed by atoms with E-state index in [0.29, 0.717) is 6.04 Å². The van der Waals surface area contributed by atoms with Crippen molar-refractivity contribution in [3.8, 4) is 0 Å². The van der Waals surface area contributed by atoms with Gasteiger partial charge in [-0.05, 0) is 43.7 Å². The van der Waals surface area contributed by atoms with Crippen molar-refractivity contribution in [3.05, 3.63) is 35.4 Å². The Hall–Kier alpha value is -0.860. The van der Waals surface area contributed by atoms with E-state index in [0.717, 1.165) is 19.3 Å². The molecule has 0 bridgehead atoms. The van der Waals surface area contributed by atoms with Crippen molar-refractivity contribution in [2.24, 2.45) is 0 Å². The highest BCUT2D eigenvalue weighted by Gasteiger charge is 2.35. The van der Waals surface area contributed by atoms with Crippen molar-refractivity contribution >= 4 is 0 Å². The predicted molar refractivity (Wildman–Crippen MR) is 75.6 cm³/mol. The van der Waals surface area contributed by atoms with Gasteiger partial charge in [0.25, 0.3) is 0 Å². The van der Waals surface area contributed by atoms with Gasteiger partial charge in [0.1, 0.15) is 0 Å². The van der Waals surface area contributed by atoms with Gasteiger partial charge in [-0.3, -0.25) is 0 Å². The standard InChI is InChI=1S/C16H25NO/c1-3-13(2)17-16(12-18)11-7-6-9-14-8-4-5-10-15(14)16/h4-5,8,10,13,17-18H,3,6-7,9,11-12H2,1-2H3. The van der Waals surface area contributed by atoms with E-state index in [1.807, 2.05) is 0 Å². The Morgan fingerprint density at radius 3 is 2.83 bits per heavy atom. The molecule has 2 rings (SSSR count). The van der Waals surface area contributed by atoms with Crippen molar-refractivity contribution < 1.29 is 5.11 Å². The van der Waals surface area contributed by atoms with Crippen LogP contribution in [0.25, 0.3) is 0 Å². The Kier molecular flexibility index (Phi) is 4.41. The van der Waals surface area contributed by atoms with Gasteiger partial charge >= 0.3 is 0 Å². The van der Waals surface area contributed by atoms with E-state index in [9.17, 15) is 5.11 Å². The lowest BCUT2D eigenvalue weighted by Gasteiger charge is -2.36. The van der Waals surface area contributed by atoms with Crippen LogP contribution in [0.4, 0.5) is 0 Å². The van der Waals surface area contributed by atoms with Crippen LogP contribution in [0.3, 0.4) is 0 Å². The van der Waals surface area contributed by atoms with E-state index >= 15 is 0 Å². The van der Waals surface area contributed by atoms with Crippen LogP contribution in [0.2, 0.25) is 0 Å². The molecule has 0 heterocycles. The SMILES string of the molecule is CCC(C)NC1(CO)CCCCc2ccccc21. The first-order valence-electron chi connectivity index (χ1n) is 7.19. The molecule has 18 heavy (non-hydrogen) atoms. The number of fused-ring (bicyclic) bond motifs is 1. The fourth-order valence-electron chi connectivity index (χ4n) is 3.02. The van der Waals surface area contributed by atoms with Crippen LogP contribution in [-0.4, -0.2) is 17.8 Å². The first kappa shape index (κ1) is 13.6. The number of rotatable bonds is 4. The summed E-state index contributed by atoms with van der Waals surface area (Å²) in [5.74, 6) is 0. The monoisotopic (exact) mass is 247 g/mol. The number of aliphatic hydroxyl groups excluding tert-OH is 1. The molecule has 0 spiro atoms. The molecule has 1 aliphatic rings. The van der Waals surface area contributed by atoms with Gasteiger partial charge < -0.3 is 10.4 Å². The van der Waals surface area contributed by atoms with Gasteiger partial charge in [-0.2, -0.15) is 0 Å². The number of nitrogens with one attached hydrogen (secondary N) is 1. The molecule has 0 aliphatic heterocycles. The lowest BCUT2D eigenvalue weighted by Crippen LogP contribution is -2.49. The first-order chi connectivity index (χ1) is 8.72. The zero-order valence-electron chi connectivity index (χ0n) is 11.6. The van der Waals surface area contributed by atoms with E-state index in [1.165, 1.54) is 24.0 Å². The zero-order chi connectivity index (χ0) is 13.0. The van der Waals surface area contributed by atoms with E-state index < -0.39 is 0 Å². The van der Waals surface area contributed by atoms with Gasteiger partial charge in [-0.25, -0.2) is 0 Å². The molecular formula is C16H25NO. The van der Waals surface area contributed by atoms with Gasteiger partial charge in [0.05, 0.1) is 12.1 Å². The van der Waals surface area contributed by atoms with Crippen LogP contribution >= 0.6 is 0 Å². The smallest absolute Gasteiger partial charge is 0.0673 e. The molecule has 100 valence electrons. The zero-order valence-corrected chi connectivity index (χ0v) is 11.6. The molecular weight excluding hydrogens is 222 g/mol. The van der Waals surface area contributed by atoms with Gasteiger partial charge in [-0.15, -0.1) is 0 Å². The van der Waals surface area contributed by atoms with E-state index in [-0.39, 0.29) is 12.1 Å². The Morgan fingerprint density at radius 1 is 1.33 bits per heavy atom. The number of aryl methyl sites for hydroxylation is 1. The minimum Gasteiger partial charge on any atom is -0.394 e. The van der Waals surface area contributed by atoms with E-state index in [4.69, 9.17) is 0 Å². The molecule has 0 radical (unpaired) electrons. The van der Waals surface area contributed by atoms with Crippen molar-refractivity contribution in [1.82, 2.24) is 5.32 Å². The Labute approximate surface area is 110 Å². The molecule has 2 unspecified atom stereocenters. The minimum absolute atomic E-state index is 0.189. The molecule has 1 aromatic rings. The molecule has 0 aromatic heterocycles. The maximum Gasteiger partial charge on any atom is 0.0673 e. The summed E-state index contributed by atoms with van der Waals surface area (Å²) in [5, 5.41) is 13.7. The highest BCUT2D eigenvalue weighted by molar-refractivity contribution is 5.35. The van der Waals surface area contributed by atoms with Crippen LogP contribution in [0, 0.1) is 0 Å². The van der Waals surface area contributed by atoms with Gasteiger partial charge in [0.2, 0.25) is 0 Å². The van der Waals surface area contributed by atoms with Gasteiger partial charge in [-0.1, -0.05) is 37.6 Å². The Balaban J connectivity index is 2.39. The number of hydrogen-bond acceptors (Lipinski definition) is 2. The number of aliphatic hydroxyl groups is 1. The maximum atomic E-state index is 10.00. The summed E-state index contributed by atoms with van der Waals surface area (Å²) < 4.78 is 0. The summed E-state index contributed by atoms with van der Waals surface area (Å²) in [6, 6.07) is 9.03. The lowest BCUT2D eigenvalue weighted by atomic mass is 9.84. The molecule has 1 aromatic carbocycles. The molecule has 1 aliphatic carbocycles. The molecule has 0 saturated heterocycles. The summed E-state index contributed by atoms with van der Waals surface area (Å²) in [6.07, 6.45) is 5.66. The van der Waals surface area contributed by atoms with Gasteiger partial charge in [0, 0.05) is 6.04 Å². The predicted octanol–water partition coefficient (Wildman–Crippen LogP) is 2.99. The lowest BCUT2D eigenvalue weighted by molar-refractivity contribution is 0.137. The van der Waals surface area contributed by atoms with Crippen LogP contribution in [-0.2, 0) is 12.0 Å². The minimum atomic E-state index is -0.234. The fourth-order valence-corrected chi connectivity index (χ4v) is 3.02. The molecule has 0 saturated carbocycles. The highest BCUT2D eigenvalue weighted by atomic mass is 16.3. The summed E-state index contributed by atoms with van der Waals surface area (Å²) in [4.78, 5) is 0. The second-order valence-electron chi connectivity index (χ2n) is 5.56. The Morgan fingerprint density at radius 2 is 2.11 bits per heavy atom. The van der Waals surface area contributed by atoms with Crippen molar-refractivity contribution in [2.75, 3.05) is 6.61 Å². The average molecular weight is 247 g/mol. The summed E-state index contributed by atoms with van der Waals surface area (Å²) in [5.41, 5.74) is 2.48. The normalized spacial score (nSPS) is 25.3. The summed E-state index contributed by atoms with van der Waals surface area (Å²) in [7, 11) is 0. The van der Waals surface area contributed by atoms with Crippen molar-refractivity contribution in [3.63, 3.8) is 0 Å². The van der Waals surface area contributed by atoms with Crippen LogP contribution in [0.1, 0.15) is 50.7 Å². The molecule has 2 heteroatoms. The number of hydrogen-bond donors (Lipinski definition) is 2. The summed E-state index contributed by atoms with van der Waals surface area (Å²) >= 11 is 0. The molecule has 0 fully saturated rings. The number of benzene rings is 1. The van der Waals surface area contributed by atoms with E-state index in [2.05, 4.69) is 43.4 Å². The highest BCUT2D eigenvalue weighted by Crippen LogP contribution is 2.34. The largest absolute Gasteiger partial charge is 0.394 e. The average Bonchev–Trinajstić information content (AvgIpc) is 2.59. The topological polar surface area (TPSA) is 32.3 Å². The second kappa shape index (κ2) is 5.85. The third-order valence-corrected chi connectivity index (χ3v) is 4.24. The third kappa shape index (κ3) is 2.60. The van der Waals surface area contributed by atoms with Gasteiger partial charge in [0.15, 0.2) is 0 Å². The molecule has 2 atom stereocenters. The second-order valence-corrected chi connectivity index (χ2v) is 5.56. The fraction of sp³-hybridized carbons (Fsp3) is 0.625. The third-order valence-electron chi connectivity index (χ3n) is 4.24. The van der Waals surface area contributed by atoms with Crippen LogP contribution < -0.4 is 5.32 Å². The quantitative estimate of drug-likeness (QED) is 0.802. The van der Waals surface area contributed by atoms with Crippen LogP contribution in [0.5, 0.6) is 0 Å². The van der Waals surface area contributed by atoms with Crippen LogP contribution in [0.15, 0.2) is 24.3 Å². The molecule has 2 N–H and O–H groups in total. The first-order valence-corrected chi connectivity index (χ1v) is 7.19.